The molecule has 1 aromatic rings. The minimum atomic E-state index is -5.08. The third kappa shape index (κ3) is 4.25. The summed E-state index contributed by atoms with van der Waals surface area (Å²) in [4.78, 5) is 8.90. The molecule has 0 aliphatic carbocycles. The minimum Gasteiger partial charge on any atom is -0.508 e. The Balaban J connectivity index is 0.000000203. The van der Waals surface area contributed by atoms with Crippen molar-refractivity contribution in [3.05, 3.63) is 29.3 Å². The third-order valence-corrected chi connectivity index (χ3v) is 2.32. The maximum Gasteiger partial charge on any atom is 0.490 e. The average Bonchev–Trinajstić information content (AvgIpc) is 2.28. The molecule has 100 valence electrons. The largest absolute Gasteiger partial charge is 0.508 e. The molecule has 1 heterocycles. The number of aromatic hydroxyl groups is 1. The van der Waals surface area contributed by atoms with Gasteiger partial charge in [0.1, 0.15) is 5.75 Å². The number of alkyl halides is 3. The van der Waals surface area contributed by atoms with E-state index in [-0.39, 0.29) is 0 Å². The van der Waals surface area contributed by atoms with Gasteiger partial charge in [-0.2, -0.15) is 13.2 Å². The summed E-state index contributed by atoms with van der Waals surface area (Å²) in [5, 5.41) is 19.6. The van der Waals surface area contributed by atoms with Crippen molar-refractivity contribution in [1.82, 2.24) is 5.32 Å². The van der Waals surface area contributed by atoms with Gasteiger partial charge in [0.15, 0.2) is 0 Å². The second kappa shape index (κ2) is 5.72. The van der Waals surface area contributed by atoms with Crippen molar-refractivity contribution in [1.29, 1.82) is 0 Å². The predicted octanol–water partition coefficient (Wildman–Crippen LogP) is 1.67. The lowest BCUT2D eigenvalue weighted by atomic mass is 10.0. The molecule has 0 radical (unpaired) electrons. The molecule has 18 heavy (non-hydrogen) atoms. The molecule has 0 amide bonds. The fraction of sp³-hybridized carbons (Fsp3) is 0.364. The number of phenols is 1. The van der Waals surface area contributed by atoms with Crippen LogP contribution in [0.15, 0.2) is 18.2 Å². The number of carboxylic acids is 1. The van der Waals surface area contributed by atoms with E-state index < -0.39 is 12.1 Å². The van der Waals surface area contributed by atoms with Crippen LogP contribution in [0.4, 0.5) is 13.2 Å². The maximum atomic E-state index is 10.6. The number of hydrogen-bond acceptors (Lipinski definition) is 3. The Bertz CT molecular complexity index is 432. The lowest BCUT2D eigenvalue weighted by molar-refractivity contribution is -0.192. The van der Waals surface area contributed by atoms with Crippen molar-refractivity contribution in [3.8, 4) is 5.75 Å². The van der Waals surface area contributed by atoms with Gasteiger partial charge in [0.2, 0.25) is 0 Å². The first-order chi connectivity index (χ1) is 8.30. The Hall–Kier alpha value is -1.76. The zero-order valence-corrected chi connectivity index (χ0v) is 9.29. The highest BCUT2D eigenvalue weighted by atomic mass is 19.4. The van der Waals surface area contributed by atoms with E-state index in [9.17, 15) is 13.2 Å². The smallest absolute Gasteiger partial charge is 0.490 e. The molecule has 1 aliphatic rings. The molecular weight excluding hydrogens is 251 g/mol. The van der Waals surface area contributed by atoms with Gasteiger partial charge in [0.25, 0.3) is 0 Å². The highest BCUT2D eigenvalue weighted by Gasteiger charge is 2.38. The van der Waals surface area contributed by atoms with Crippen LogP contribution in [0.3, 0.4) is 0 Å². The van der Waals surface area contributed by atoms with Crippen LogP contribution in [-0.4, -0.2) is 28.9 Å². The molecule has 0 saturated carbocycles. The Labute approximate surface area is 101 Å². The van der Waals surface area contributed by atoms with Crippen LogP contribution in [0.25, 0.3) is 0 Å². The second-order valence-electron chi connectivity index (χ2n) is 3.68. The highest BCUT2D eigenvalue weighted by Crippen LogP contribution is 2.18. The predicted molar refractivity (Wildman–Crippen MR) is 57.2 cm³/mol. The van der Waals surface area contributed by atoms with E-state index in [0.717, 1.165) is 19.5 Å². The van der Waals surface area contributed by atoms with Crippen LogP contribution in [0.2, 0.25) is 0 Å². The molecular formula is C11H12F3NO3. The number of halogens is 3. The van der Waals surface area contributed by atoms with Crippen molar-refractivity contribution in [2.75, 3.05) is 6.54 Å². The summed E-state index contributed by atoms with van der Waals surface area (Å²) in [5.74, 6) is -2.38. The molecule has 4 nitrogen and oxygen atoms in total. The Morgan fingerprint density at radius 2 is 1.89 bits per heavy atom. The van der Waals surface area contributed by atoms with E-state index in [1.807, 2.05) is 12.1 Å². The number of rotatable bonds is 0. The fourth-order valence-electron chi connectivity index (χ4n) is 1.46. The first-order valence-corrected chi connectivity index (χ1v) is 5.12. The third-order valence-electron chi connectivity index (χ3n) is 2.32. The van der Waals surface area contributed by atoms with Gasteiger partial charge in [-0.05, 0) is 36.2 Å². The second-order valence-corrected chi connectivity index (χ2v) is 3.68. The van der Waals surface area contributed by atoms with E-state index in [2.05, 4.69) is 5.32 Å². The first-order valence-electron chi connectivity index (χ1n) is 5.12. The molecule has 0 spiro atoms. The molecule has 7 heteroatoms. The van der Waals surface area contributed by atoms with Crippen LogP contribution in [0.5, 0.6) is 5.75 Å². The molecule has 1 aliphatic heterocycles. The number of carbonyl (C=O) groups is 1. The highest BCUT2D eigenvalue weighted by molar-refractivity contribution is 5.73. The van der Waals surface area contributed by atoms with Gasteiger partial charge in [-0.25, -0.2) is 4.79 Å². The van der Waals surface area contributed by atoms with Crippen LogP contribution in [0, 0.1) is 0 Å². The summed E-state index contributed by atoms with van der Waals surface area (Å²) in [6, 6.07) is 5.58. The standard InChI is InChI=1S/C9H11NO.C2HF3O2/c11-9-2-1-8-6-10-4-3-7(8)5-9;3-2(4,5)1(6)7/h1-2,5,10-11H,3-4,6H2;(H,6,7). The van der Waals surface area contributed by atoms with Crippen molar-refractivity contribution in [2.24, 2.45) is 0 Å². The van der Waals surface area contributed by atoms with Gasteiger partial charge in [-0.1, -0.05) is 6.07 Å². The zero-order valence-electron chi connectivity index (χ0n) is 9.29. The number of aliphatic carboxylic acids is 1. The molecule has 1 aromatic carbocycles. The number of hydrogen-bond donors (Lipinski definition) is 3. The van der Waals surface area contributed by atoms with Crippen LogP contribution >= 0.6 is 0 Å². The SMILES string of the molecule is O=C(O)C(F)(F)F.Oc1ccc2c(c1)CCNC2. The summed E-state index contributed by atoms with van der Waals surface area (Å²) in [5.41, 5.74) is 2.60. The molecule has 0 aromatic heterocycles. The molecule has 3 N–H and O–H groups in total. The van der Waals surface area contributed by atoms with E-state index in [0.29, 0.717) is 5.75 Å². The summed E-state index contributed by atoms with van der Waals surface area (Å²) < 4.78 is 31.7. The van der Waals surface area contributed by atoms with E-state index in [1.54, 1.807) is 6.07 Å². The summed E-state index contributed by atoms with van der Waals surface area (Å²) in [6.45, 7) is 1.96. The zero-order chi connectivity index (χ0) is 13.8. The topological polar surface area (TPSA) is 69.6 Å². The normalized spacial score (nSPS) is 14.2. The molecule has 0 unspecified atom stereocenters. The quantitative estimate of drug-likeness (QED) is 0.666. The summed E-state index contributed by atoms with van der Waals surface area (Å²) in [7, 11) is 0. The van der Waals surface area contributed by atoms with Gasteiger partial charge in [-0.15, -0.1) is 0 Å². The van der Waals surface area contributed by atoms with Crippen molar-refractivity contribution >= 4 is 5.97 Å². The van der Waals surface area contributed by atoms with Crippen LogP contribution < -0.4 is 5.32 Å². The molecule has 0 fully saturated rings. The minimum absolute atomic E-state index is 0.380. The molecule has 0 bridgehead atoms. The first kappa shape index (κ1) is 14.3. The van der Waals surface area contributed by atoms with E-state index >= 15 is 0 Å². The number of fused-ring (bicyclic) bond motifs is 1. The molecule has 0 atom stereocenters. The molecule has 2 rings (SSSR count). The van der Waals surface area contributed by atoms with Gasteiger partial charge in [0.05, 0.1) is 0 Å². The van der Waals surface area contributed by atoms with Gasteiger partial charge in [-0.3, -0.25) is 0 Å². The Kier molecular flexibility index (Phi) is 4.55. The number of benzene rings is 1. The number of nitrogens with one attached hydrogen (secondary N) is 1. The summed E-state index contributed by atoms with van der Waals surface area (Å²) >= 11 is 0. The van der Waals surface area contributed by atoms with Crippen LogP contribution in [-0.2, 0) is 17.8 Å². The lowest BCUT2D eigenvalue weighted by Gasteiger charge is -2.16. The lowest BCUT2D eigenvalue weighted by Crippen LogP contribution is -2.23. The van der Waals surface area contributed by atoms with Gasteiger partial charge in [0, 0.05) is 6.54 Å². The maximum absolute atomic E-state index is 10.6. The Morgan fingerprint density at radius 1 is 1.28 bits per heavy atom. The van der Waals surface area contributed by atoms with Crippen molar-refractivity contribution in [2.45, 2.75) is 19.1 Å². The van der Waals surface area contributed by atoms with E-state index in [1.165, 1.54) is 11.1 Å². The van der Waals surface area contributed by atoms with Gasteiger partial charge < -0.3 is 15.5 Å². The Morgan fingerprint density at radius 3 is 2.44 bits per heavy atom. The van der Waals surface area contributed by atoms with Crippen molar-refractivity contribution < 1.29 is 28.2 Å². The monoisotopic (exact) mass is 263 g/mol. The van der Waals surface area contributed by atoms with E-state index in [4.69, 9.17) is 15.0 Å². The number of carboxylic acid groups (broad SMARTS) is 1. The number of phenolic OH excluding ortho intramolecular Hbond substituents is 1. The molecule has 0 saturated heterocycles. The fourth-order valence-corrected chi connectivity index (χ4v) is 1.46. The van der Waals surface area contributed by atoms with Gasteiger partial charge >= 0.3 is 12.1 Å². The van der Waals surface area contributed by atoms with Crippen LogP contribution in [0.1, 0.15) is 11.1 Å². The van der Waals surface area contributed by atoms with Crippen molar-refractivity contribution in [3.63, 3.8) is 0 Å². The summed E-state index contributed by atoms with van der Waals surface area (Å²) in [6.07, 6.45) is -4.05. The average molecular weight is 263 g/mol.